The quantitative estimate of drug-likeness (QED) is 0.347. The average molecular weight is 494 g/mol. The Kier molecular flexibility index (Phi) is 6.15. The van der Waals surface area contributed by atoms with Crippen LogP contribution in [0, 0.1) is 11.6 Å². The zero-order chi connectivity index (χ0) is 23.0. The first-order chi connectivity index (χ1) is 15.2. The Labute approximate surface area is 196 Å². The van der Waals surface area contributed by atoms with Crippen molar-refractivity contribution in [3.05, 3.63) is 87.3 Å². The van der Waals surface area contributed by atoms with Crippen LogP contribution in [0.5, 0.6) is 0 Å². The van der Waals surface area contributed by atoms with Gasteiger partial charge in [0.05, 0.1) is 44.4 Å². The van der Waals surface area contributed by atoms with E-state index < -0.39 is 17.5 Å². The molecule has 162 valence electrons. The maximum atomic E-state index is 14.8. The SMILES string of the molecule is Cn1cc(-c2ncc(NC(=O)c3cc(F)c(-c4ccc(F)cc4Cl)cc3Cl)cc2Cl)cn1. The number of nitrogens with one attached hydrogen (secondary N) is 1. The summed E-state index contributed by atoms with van der Waals surface area (Å²) in [5.74, 6) is -1.95. The fourth-order valence-corrected chi connectivity index (χ4v) is 3.89. The van der Waals surface area contributed by atoms with E-state index >= 15 is 0 Å². The van der Waals surface area contributed by atoms with Crippen molar-refractivity contribution in [2.24, 2.45) is 7.05 Å². The third-order valence-corrected chi connectivity index (χ3v) is 5.51. The van der Waals surface area contributed by atoms with E-state index in [0.29, 0.717) is 16.4 Å². The Bertz CT molecular complexity index is 1360. The van der Waals surface area contributed by atoms with Crippen LogP contribution in [0.15, 0.2) is 55.0 Å². The molecule has 2 heterocycles. The first-order valence-electron chi connectivity index (χ1n) is 9.13. The molecule has 0 radical (unpaired) electrons. The summed E-state index contributed by atoms with van der Waals surface area (Å²) >= 11 is 18.6. The summed E-state index contributed by atoms with van der Waals surface area (Å²) in [7, 11) is 1.77. The summed E-state index contributed by atoms with van der Waals surface area (Å²) in [4.78, 5) is 17.0. The number of aryl methyl sites for hydroxylation is 1. The number of rotatable bonds is 4. The molecule has 4 aromatic rings. The minimum absolute atomic E-state index is 0.00896. The second kappa shape index (κ2) is 8.86. The summed E-state index contributed by atoms with van der Waals surface area (Å²) in [6.07, 6.45) is 4.79. The number of pyridine rings is 1. The highest BCUT2D eigenvalue weighted by atomic mass is 35.5. The summed E-state index contributed by atoms with van der Waals surface area (Å²) in [5, 5.41) is 6.98. The Morgan fingerprint density at radius 3 is 2.41 bits per heavy atom. The molecular formula is C22H13Cl3F2N4O. The molecule has 0 saturated heterocycles. The normalized spacial score (nSPS) is 10.9. The topological polar surface area (TPSA) is 59.8 Å². The van der Waals surface area contributed by atoms with E-state index in [0.717, 1.165) is 23.8 Å². The van der Waals surface area contributed by atoms with Crippen molar-refractivity contribution in [3.63, 3.8) is 0 Å². The molecule has 0 spiro atoms. The van der Waals surface area contributed by atoms with Crippen molar-refractivity contribution >= 4 is 46.4 Å². The van der Waals surface area contributed by atoms with E-state index in [9.17, 15) is 13.6 Å². The molecule has 1 amide bonds. The van der Waals surface area contributed by atoms with Gasteiger partial charge in [0.2, 0.25) is 0 Å². The smallest absolute Gasteiger partial charge is 0.257 e. The van der Waals surface area contributed by atoms with Gasteiger partial charge in [-0.25, -0.2) is 8.78 Å². The van der Waals surface area contributed by atoms with Crippen LogP contribution in [0.3, 0.4) is 0 Å². The highest BCUT2D eigenvalue weighted by molar-refractivity contribution is 6.36. The number of nitrogens with zero attached hydrogens (tertiary/aromatic N) is 3. The van der Waals surface area contributed by atoms with Crippen LogP contribution in [0.1, 0.15) is 10.4 Å². The van der Waals surface area contributed by atoms with Crippen molar-refractivity contribution in [1.82, 2.24) is 14.8 Å². The zero-order valence-electron chi connectivity index (χ0n) is 16.3. The predicted octanol–water partition coefficient (Wildman–Crippen LogP) is 6.64. The average Bonchev–Trinajstić information content (AvgIpc) is 3.15. The van der Waals surface area contributed by atoms with E-state index in [1.807, 2.05) is 0 Å². The number of hydrogen-bond donors (Lipinski definition) is 1. The Balaban J connectivity index is 1.60. The highest BCUT2D eigenvalue weighted by Gasteiger charge is 2.18. The van der Waals surface area contributed by atoms with Crippen LogP contribution >= 0.6 is 34.8 Å². The Morgan fingerprint density at radius 1 is 0.969 bits per heavy atom. The minimum Gasteiger partial charge on any atom is -0.320 e. The van der Waals surface area contributed by atoms with E-state index in [1.54, 1.807) is 24.1 Å². The van der Waals surface area contributed by atoms with Gasteiger partial charge in [-0.3, -0.25) is 14.5 Å². The minimum atomic E-state index is -0.740. The van der Waals surface area contributed by atoms with Gasteiger partial charge in [-0.15, -0.1) is 0 Å². The maximum absolute atomic E-state index is 14.8. The summed E-state index contributed by atoms with van der Waals surface area (Å²) in [6, 6.07) is 7.33. The lowest BCUT2D eigenvalue weighted by Gasteiger charge is -2.12. The van der Waals surface area contributed by atoms with Gasteiger partial charge in [-0.2, -0.15) is 5.10 Å². The standard InChI is InChI=1S/C22H13Cl3F2N4O/c1-31-10-11(8-29-31)21-19(25)5-13(9-28-21)30-22(32)16-7-20(27)15(6-18(16)24)14-3-2-12(26)4-17(14)23/h2-10H,1H3,(H,30,32). The first kappa shape index (κ1) is 22.2. The van der Waals surface area contributed by atoms with Gasteiger partial charge in [0.25, 0.3) is 5.91 Å². The largest absolute Gasteiger partial charge is 0.320 e. The van der Waals surface area contributed by atoms with E-state index in [2.05, 4.69) is 15.4 Å². The van der Waals surface area contributed by atoms with Crippen LogP contribution in [-0.2, 0) is 7.05 Å². The van der Waals surface area contributed by atoms with Crippen molar-refractivity contribution < 1.29 is 13.6 Å². The lowest BCUT2D eigenvalue weighted by Crippen LogP contribution is -2.13. The van der Waals surface area contributed by atoms with E-state index in [-0.39, 0.29) is 26.7 Å². The third-order valence-electron chi connectivity index (χ3n) is 4.60. The van der Waals surface area contributed by atoms with Gasteiger partial charge in [-0.05, 0) is 36.4 Å². The number of anilines is 1. The van der Waals surface area contributed by atoms with Crippen LogP contribution < -0.4 is 5.32 Å². The van der Waals surface area contributed by atoms with Crippen molar-refractivity contribution in [1.29, 1.82) is 0 Å². The number of benzene rings is 2. The zero-order valence-corrected chi connectivity index (χ0v) is 18.6. The molecular weight excluding hydrogens is 481 g/mol. The van der Waals surface area contributed by atoms with Gasteiger partial charge in [0.1, 0.15) is 11.6 Å². The molecule has 0 aliphatic heterocycles. The van der Waals surface area contributed by atoms with Gasteiger partial charge >= 0.3 is 0 Å². The van der Waals surface area contributed by atoms with E-state index in [1.165, 1.54) is 24.4 Å². The molecule has 2 aromatic heterocycles. The molecule has 0 bridgehead atoms. The van der Waals surface area contributed by atoms with Crippen molar-refractivity contribution in [3.8, 4) is 22.4 Å². The molecule has 10 heteroatoms. The Morgan fingerprint density at radius 2 is 1.75 bits per heavy atom. The molecule has 0 atom stereocenters. The van der Waals surface area contributed by atoms with Crippen LogP contribution in [0.25, 0.3) is 22.4 Å². The fraction of sp³-hybridized carbons (Fsp3) is 0.0455. The maximum Gasteiger partial charge on any atom is 0.257 e. The van der Waals surface area contributed by atoms with Gasteiger partial charge in [0.15, 0.2) is 0 Å². The summed E-state index contributed by atoms with van der Waals surface area (Å²) in [6.45, 7) is 0. The fourth-order valence-electron chi connectivity index (χ4n) is 3.10. The van der Waals surface area contributed by atoms with Crippen LogP contribution in [0.4, 0.5) is 14.5 Å². The number of carbonyl (C=O) groups is 1. The summed E-state index contributed by atoms with van der Waals surface area (Å²) < 4.78 is 29.7. The monoisotopic (exact) mass is 492 g/mol. The molecule has 0 fully saturated rings. The molecule has 0 unspecified atom stereocenters. The lowest BCUT2D eigenvalue weighted by molar-refractivity contribution is 0.102. The summed E-state index contributed by atoms with van der Waals surface area (Å²) in [5.41, 5.74) is 1.72. The lowest BCUT2D eigenvalue weighted by atomic mass is 10.0. The molecule has 4 rings (SSSR count). The van der Waals surface area contributed by atoms with E-state index in [4.69, 9.17) is 34.8 Å². The third kappa shape index (κ3) is 4.46. The number of amides is 1. The number of hydrogen-bond acceptors (Lipinski definition) is 3. The second-order valence-corrected chi connectivity index (χ2v) is 8.07. The van der Waals surface area contributed by atoms with Gasteiger partial charge in [-0.1, -0.05) is 34.8 Å². The first-order valence-corrected chi connectivity index (χ1v) is 10.3. The highest BCUT2D eigenvalue weighted by Crippen LogP contribution is 2.34. The molecule has 1 N–H and O–H groups in total. The van der Waals surface area contributed by atoms with Crippen molar-refractivity contribution in [2.45, 2.75) is 0 Å². The van der Waals surface area contributed by atoms with Gasteiger partial charge < -0.3 is 5.32 Å². The number of aromatic nitrogens is 3. The molecule has 2 aromatic carbocycles. The van der Waals surface area contributed by atoms with Crippen LogP contribution in [0.2, 0.25) is 15.1 Å². The number of carbonyl (C=O) groups excluding carboxylic acids is 1. The molecule has 0 saturated carbocycles. The number of halogens is 5. The molecule has 0 aliphatic rings. The molecule has 32 heavy (non-hydrogen) atoms. The molecule has 5 nitrogen and oxygen atoms in total. The second-order valence-electron chi connectivity index (χ2n) is 6.85. The van der Waals surface area contributed by atoms with Gasteiger partial charge in [0, 0.05) is 29.9 Å². The van der Waals surface area contributed by atoms with Crippen LogP contribution in [-0.4, -0.2) is 20.7 Å². The van der Waals surface area contributed by atoms with Crippen molar-refractivity contribution in [2.75, 3.05) is 5.32 Å². The predicted molar refractivity (Wildman–Crippen MR) is 121 cm³/mol. The molecule has 0 aliphatic carbocycles. The Hall–Kier alpha value is -3.00.